The number of hydrogen-bond acceptors (Lipinski definition) is 4. The lowest BCUT2D eigenvalue weighted by atomic mass is 9.82. The van der Waals surface area contributed by atoms with E-state index in [2.05, 4.69) is 5.32 Å². The Labute approximate surface area is 133 Å². The third-order valence-electron chi connectivity index (χ3n) is 4.38. The van der Waals surface area contributed by atoms with Crippen LogP contribution >= 0.6 is 0 Å². The lowest BCUT2D eigenvalue weighted by Gasteiger charge is -2.36. The molecule has 1 saturated heterocycles. The number of cyclic esters (lactones) is 1. The molecule has 0 amide bonds. The molecule has 0 bridgehead atoms. The first-order chi connectivity index (χ1) is 11.1. The summed E-state index contributed by atoms with van der Waals surface area (Å²) in [7, 11) is 0. The minimum absolute atomic E-state index is 0.178. The van der Waals surface area contributed by atoms with E-state index >= 15 is 0 Å². The van der Waals surface area contributed by atoms with Crippen LogP contribution in [-0.4, -0.2) is 12.1 Å². The lowest BCUT2D eigenvalue weighted by Crippen LogP contribution is -2.49. The second kappa shape index (κ2) is 5.06. The Morgan fingerprint density at radius 3 is 2.74 bits per heavy atom. The van der Waals surface area contributed by atoms with Crippen molar-refractivity contribution in [2.75, 3.05) is 0 Å². The van der Waals surface area contributed by atoms with Gasteiger partial charge in [0.25, 0.3) is 0 Å². The van der Waals surface area contributed by atoms with Gasteiger partial charge in [-0.1, -0.05) is 30.3 Å². The Kier molecular flexibility index (Phi) is 3.13. The molecule has 0 saturated carbocycles. The Balaban J connectivity index is 1.79. The topological polar surface area (TPSA) is 47.6 Å². The number of ether oxygens (including phenoxy) is 2. The predicted octanol–water partition coefficient (Wildman–Crippen LogP) is 3.04. The lowest BCUT2D eigenvalue weighted by molar-refractivity contribution is -0.147. The van der Waals surface area contributed by atoms with E-state index in [0.717, 1.165) is 5.56 Å². The molecular formula is C18H16FNO3. The number of carbonyl (C=O) groups is 1. The molecule has 2 aliphatic rings. The van der Waals surface area contributed by atoms with Gasteiger partial charge in [-0.05, 0) is 25.1 Å². The maximum atomic E-state index is 13.7. The van der Waals surface area contributed by atoms with Crippen LogP contribution in [0.3, 0.4) is 0 Å². The van der Waals surface area contributed by atoms with E-state index in [1.165, 1.54) is 12.1 Å². The minimum atomic E-state index is -1.07. The standard InChI is InChI=1S/C18H16FNO3/c1-11-10-18(14-9-13(19)7-8-15(14)22-11)17(21)23-16(20-18)12-5-3-2-4-6-12/h2-9,11,16,20H,10H2,1H3/t11-,16?,18?/m1/s1. The molecule has 2 aromatic carbocycles. The first kappa shape index (κ1) is 14.2. The van der Waals surface area contributed by atoms with Crippen molar-refractivity contribution in [3.63, 3.8) is 0 Å². The molecule has 3 atom stereocenters. The smallest absolute Gasteiger partial charge is 0.333 e. The van der Waals surface area contributed by atoms with Gasteiger partial charge in [0, 0.05) is 17.5 Å². The third-order valence-corrected chi connectivity index (χ3v) is 4.38. The van der Waals surface area contributed by atoms with Crippen LogP contribution in [0.25, 0.3) is 0 Å². The van der Waals surface area contributed by atoms with Crippen molar-refractivity contribution in [1.29, 1.82) is 0 Å². The summed E-state index contributed by atoms with van der Waals surface area (Å²) in [4.78, 5) is 12.7. The number of carbonyl (C=O) groups excluding carboxylic acids is 1. The normalized spacial score (nSPS) is 29.0. The number of nitrogens with one attached hydrogen (secondary N) is 1. The Hall–Kier alpha value is -2.40. The molecule has 1 fully saturated rings. The third kappa shape index (κ3) is 2.19. The molecule has 4 rings (SSSR count). The number of benzene rings is 2. The summed E-state index contributed by atoms with van der Waals surface area (Å²) in [6, 6.07) is 13.7. The fraction of sp³-hybridized carbons (Fsp3) is 0.278. The van der Waals surface area contributed by atoms with Crippen LogP contribution in [0.2, 0.25) is 0 Å². The SMILES string of the molecule is C[C@@H]1CC2(NC(c3ccccc3)OC2=O)c2cc(F)ccc2O1. The molecule has 2 unspecified atom stereocenters. The van der Waals surface area contributed by atoms with Crippen LogP contribution < -0.4 is 10.1 Å². The van der Waals surface area contributed by atoms with Crippen molar-refractivity contribution in [2.45, 2.75) is 31.2 Å². The molecule has 0 aliphatic carbocycles. The van der Waals surface area contributed by atoms with Crippen molar-refractivity contribution in [2.24, 2.45) is 0 Å². The molecule has 0 radical (unpaired) electrons. The van der Waals surface area contributed by atoms with Gasteiger partial charge < -0.3 is 9.47 Å². The van der Waals surface area contributed by atoms with Crippen LogP contribution in [0.15, 0.2) is 48.5 Å². The van der Waals surface area contributed by atoms with Crippen LogP contribution in [0.1, 0.15) is 30.7 Å². The first-order valence-electron chi connectivity index (χ1n) is 7.59. The van der Waals surface area contributed by atoms with Gasteiger partial charge in [0.15, 0.2) is 11.8 Å². The number of esters is 1. The summed E-state index contributed by atoms with van der Waals surface area (Å²) in [6.07, 6.45) is -0.335. The van der Waals surface area contributed by atoms with E-state index in [9.17, 15) is 9.18 Å². The molecule has 23 heavy (non-hydrogen) atoms. The predicted molar refractivity (Wildman–Crippen MR) is 81.2 cm³/mol. The highest BCUT2D eigenvalue weighted by molar-refractivity contribution is 5.86. The average molecular weight is 313 g/mol. The number of halogens is 1. The highest BCUT2D eigenvalue weighted by Gasteiger charge is 2.54. The largest absolute Gasteiger partial charge is 0.490 e. The molecule has 5 heteroatoms. The van der Waals surface area contributed by atoms with E-state index in [-0.39, 0.29) is 6.10 Å². The zero-order valence-corrected chi connectivity index (χ0v) is 12.6. The van der Waals surface area contributed by atoms with Crippen LogP contribution in [0.4, 0.5) is 4.39 Å². The van der Waals surface area contributed by atoms with Gasteiger partial charge in [-0.2, -0.15) is 0 Å². The van der Waals surface area contributed by atoms with E-state index < -0.39 is 23.6 Å². The molecule has 118 valence electrons. The molecule has 0 aromatic heterocycles. The van der Waals surface area contributed by atoms with E-state index in [0.29, 0.717) is 17.7 Å². The van der Waals surface area contributed by atoms with Crippen molar-refractivity contribution in [3.8, 4) is 5.75 Å². The second-order valence-electron chi connectivity index (χ2n) is 6.02. The summed E-state index contributed by atoms with van der Waals surface area (Å²) in [5, 5.41) is 3.27. The van der Waals surface area contributed by atoms with Gasteiger partial charge >= 0.3 is 5.97 Å². The highest BCUT2D eigenvalue weighted by atomic mass is 19.1. The van der Waals surface area contributed by atoms with Crippen molar-refractivity contribution < 1.29 is 18.7 Å². The highest BCUT2D eigenvalue weighted by Crippen LogP contribution is 2.45. The van der Waals surface area contributed by atoms with E-state index in [1.807, 2.05) is 37.3 Å². The molecule has 2 aromatic rings. The van der Waals surface area contributed by atoms with Gasteiger partial charge in [0.1, 0.15) is 11.6 Å². The van der Waals surface area contributed by atoms with Crippen molar-refractivity contribution in [3.05, 3.63) is 65.5 Å². The van der Waals surface area contributed by atoms with Crippen LogP contribution in [-0.2, 0) is 15.1 Å². The van der Waals surface area contributed by atoms with Crippen molar-refractivity contribution in [1.82, 2.24) is 5.32 Å². The summed E-state index contributed by atoms with van der Waals surface area (Å²) in [5.74, 6) is -0.282. The fourth-order valence-electron chi connectivity index (χ4n) is 3.37. The van der Waals surface area contributed by atoms with Gasteiger partial charge in [0.2, 0.25) is 0 Å². The average Bonchev–Trinajstić information content (AvgIpc) is 2.86. The summed E-state index contributed by atoms with van der Waals surface area (Å²) >= 11 is 0. The van der Waals surface area contributed by atoms with Gasteiger partial charge in [0.05, 0.1) is 6.10 Å². The maximum Gasteiger partial charge on any atom is 0.333 e. The number of hydrogen-bond donors (Lipinski definition) is 1. The molecule has 4 nitrogen and oxygen atoms in total. The number of fused-ring (bicyclic) bond motifs is 2. The minimum Gasteiger partial charge on any atom is -0.490 e. The zero-order valence-electron chi connectivity index (χ0n) is 12.6. The summed E-state index contributed by atoms with van der Waals surface area (Å²) in [5.41, 5.74) is 0.282. The zero-order chi connectivity index (χ0) is 16.0. The van der Waals surface area contributed by atoms with Gasteiger partial charge in [-0.25, -0.2) is 9.18 Å². The summed E-state index contributed by atoms with van der Waals surface area (Å²) < 4.78 is 25.0. The first-order valence-corrected chi connectivity index (χ1v) is 7.59. The molecular weight excluding hydrogens is 297 g/mol. The summed E-state index contributed by atoms with van der Waals surface area (Å²) in [6.45, 7) is 1.89. The maximum absolute atomic E-state index is 13.7. The molecule has 2 aliphatic heterocycles. The Morgan fingerprint density at radius 2 is 1.96 bits per heavy atom. The molecule has 1 spiro atoms. The Bertz CT molecular complexity index is 764. The Morgan fingerprint density at radius 1 is 1.17 bits per heavy atom. The number of rotatable bonds is 1. The monoisotopic (exact) mass is 313 g/mol. The van der Waals surface area contributed by atoms with E-state index in [1.54, 1.807) is 6.07 Å². The van der Waals surface area contributed by atoms with Crippen molar-refractivity contribution >= 4 is 5.97 Å². The fourth-order valence-corrected chi connectivity index (χ4v) is 3.37. The van der Waals surface area contributed by atoms with E-state index in [4.69, 9.17) is 9.47 Å². The van der Waals surface area contributed by atoms with Gasteiger partial charge in [-0.3, -0.25) is 5.32 Å². The molecule has 2 heterocycles. The quantitative estimate of drug-likeness (QED) is 0.822. The second-order valence-corrected chi connectivity index (χ2v) is 6.02. The van der Waals surface area contributed by atoms with Crippen LogP contribution in [0.5, 0.6) is 5.75 Å². The molecule has 1 N–H and O–H groups in total. The van der Waals surface area contributed by atoms with Gasteiger partial charge in [-0.15, -0.1) is 0 Å². The van der Waals surface area contributed by atoms with Crippen LogP contribution in [0, 0.1) is 5.82 Å².